The fourth-order valence-corrected chi connectivity index (χ4v) is 3.51. The first-order chi connectivity index (χ1) is 11.6. The smallest absolute Gasteiger partial charge is 0.397 e. The topological polar surface area (TPSA) is 53.1 Å². The lowest BCUT2D eigenvalue weighted by Crippen LogP contribution is -2.53. The second-order valence-electron chi connectivity index (χ2n) is 7.06. The van der Waals surface area contributed by atoms with Crippen LogP contribution in [0.5, 0.6) is 0 Å². The van der Waals surface area contributed by atoms with Crippen molar-refractivity contribution >= 4 is 11.9 Å². The van der Waals surface area contributed by atoms with Gasteiger partial charge in [0, 0.05) is 45.3 Å². The Hall–Kier alpha value is -1.14. The number of carbonyl (C=O) groups is 2. The third-order valence-electron chi connectivity index (χ3n) is 5.21. The van der Waals surface area contributed by atoms with Crippen molar-refractivity contribution in [2.24, 2.45) is 0 Å². The van der Waals surface area contributed by atoms with E-state index in [1.54, 1.807) is 4.90 Å². The second-order valence-corrected chi connectivity index (χ2v) is 7.06. The first-order valence-electron chi connectivity index (χ1n) is 9.50. The fourth-order valence-electron chi connectivity index (χ4n) is 3.51. The van der Waals surface area contributed by atoms with Gasteiger partial charge in [0.05, 0.1) is 6.61 Å². The number of esters is 1. The monoisotopic (exact) mass is 339 g/mol. The van der Waals surface area contributed by atoms with E-state index in [2.05, 4.69) is 23.8 Å². The lowest BCUT2D eigenvalue weighted by molar-refractivity contribution is -0.161. The molecule has 2 fully saturated rings. The van der Waals surface area contributed by atoms with Crippen LogP contribution in [0.2, 0.25) is 0 Å². The average Bonchev–Trinajstić information content (AvgIpc) is 2.61. The van der Waals surface area contributed by atoms with Gasteiger partial charge in [-0.05, 0) is 26.3 Å². The van der Waals surface area contributed by atoms with E-state index >= 15 is 0 Å². The number of hydrogen-bond donors (Lipinski definition) is 0. The molecule has 0 aromatic carbocycles. The van der Waals surface area contributed by atoms with Crippen LogP contribution in [0.3, 0.4) is 0 Å². The van der Waals surface area contributed by atoms with E-state index in [-0.39, 0.29) is 0 Å². The van der Waals surface area contributed by atoms with Gasteiger partial charge in [0.25, 0.3) is 0 Å². The molecule has 2 aliphatic heterocycles. The number of carbonyl (C=O) groups excluding carboxylic acids is 2. The van der Waals surface area contributed by atoms with Crippen molar-refractivity contribution in [1.82, 2.24) is 14.7 Å². The Kier molecular flexibility index (Phi) is 7.99. The first kappa shape index (κ1) is 19.2. The SMILES string of the molecule is CCCCCCOC(=O)C(=O)N1CCC(N2CCN(C)CC2)CC1. The lowest BCUT2D eigenvalue weighted by atomic mass is 10.0. The van der Waals surface area contributed by atoms with Crippen LogP contribution in [-0.4, -0.2) is 85.5 Å². The van der Waals surface area contributed by atoms with Crippen LogP contribution in [0, 0.1) is 0 Å². The van der Waals surface area contributed by atoms with E-state index in [4.69, 9.17) is 4.74 Å². The molecule has 2 rings (SSSR count). The molecule has 0 unspecified atom stereocenters. The van der Waals surface area contributed by atoms with Crippen LogP contribution in [0.25, 0.3) is 0 Å². The zero-order chi connectivity index (χ0) is 17.4. The molecule has 0 aromatic heterocycles. The summed E-state index contributed by atoms with van der Waals surface area (Å²) in [6.45, 7) is 8.28. The number of nitrogens with zero attached hydrogens (tertiary/aromatic N) is 3. The van der Waals surface area contributed by atoms with Crippen LogP contribution in [0.4, 0.5) is 0 Å². The Morgan fingerprint density at radius 1 is 0.958 bits per heavy atom. The zero-order valence-electron chi connectivity index (χ0n) is 15.3. The van der Waals surface area contributed by atoms with Crippen LogP contribution in [-0.2, 0) is 14.3 Å². The molecule has 0 saturated carbocycles. The molecule has 6 heteroatoms. The maximum Gasteiger partial charge on any atom is 0.397 e. The van der Waals surface area contributed by atoms with Crippen molar-refractivity contribution in [3.8, 4) is 0 Å². The lowest BCUT2D eigenvalue weighted by Gasteiger charge is -2.41. The maximum atomic E-state index is 12.2. The zero-order valence-corrected chi connectivity index (χ0v) is 15.3. The summed E-state index contributed by atoms with van der Waals surface area (Å²) >= 11 is 0. The highest BCUT2D eigenvalue weighted by Crippen LogP contribution is 2.18. The summed E-state index contributed by atoms with van der Waals surface area (Å²) in [4.78, 5) is 30.6. The highest BCUT2D eigenvalue weighted by Gasteiger charge is 2.31. The molecule has 1 amide bonds. The molecule has 24 heavy (non-hydrogen) atoms. The Morgan fingerprint density at radius 3 is 2.25 bits per heavy atom. The Labute approximate surface area is 146 Å². The van der Waals surface area contributed by atoms with E-state index < -0.39 is 11.9 Å². The third-order valence-corrected chi connectivity index (χ3v) is 5.21. The minimum Gasteiger partial charge on any atom is -0.459 e. The van der Waals surface area contributed by atoms with Crippen molar-refractivity contribution in [3.63, 3.8) is 0 Å². The summed E-state index contributed by atoms with van der Waals surface area (Å²) in [6, 6.07) is 0.549. The molecule has 0 radical (unpaired) electrons. The van der Waals surface area contributed by atoms with Gasteiger partial charge >= 0.3 is 11.9 Å². The van der Waals surface area contributed by atoms with E-state index in [9.17, 15) is 9.59 Å². The quantitative estimate of drug-likeness (QED) is 0.415. The molecule has 6 nitrogen and oxygen atoms in total. The van der Waals surface area contributed by atoms with Crippen LogP contribution in [0.1, 0.15) is 45.4 Å². The third kappa shape index (κ3) is 5.74. The number of likely N-dealkylation sites (N-methyl/N-ethyl adjacent to an activating group) is 1. The summed E-state index contributed by atoms with van der Waals surface area (Å²) in [6.07, 6.45) is 6.10. The molecule has 2 saturated heterocycles. The maximum absolute atomic E-state index is 12.2. The number of likely N-dealkylation sites (tertiary alicyclic amines) is 1. The predicted molar refractivity (Wildman–Crippen MR) is 93.8 cm³/mol. The molecule has 0 atom stereocenters. The summed E-state index contributed by atoms with van der Waals surface area (Å²) in [5, 5.41) is 0. The molecule has 0 aromatic rings. The van der Waals surface area contributed by atoms with Gasteiger partial charge in [0.2, 0.25) is 0 Å². The van der Waals surface area contributed by atoms with Gasteiger partial charge < -0.3 is 14.5 Å². The highest BCUT2D eigenvalue weighted by molar-refractivity contribution is 6.32. The molecule has 138 valence electrons. The molecular formula is C18H33N3O3. The molecule has 2 heterocycles. The Bertz CT molecular complexity index is 400. The standard InChI is InChI=1S/C18H33N3O3/c1-3-4-5-6-15-24-18(23)17(22)21-9-7-16(8-10-21)20-13-11-19(2)12-14-20/h16H,3-15H2,1-2H3. The molecule has 2 aliphatic rings. The summed E-state index contributed by atoms with van der Waals surface area (Å²) in [5.41, 5.74) is 0. The van der Waals surface area contributed by atoms with Crippen molar-refractivity contribution in [2.45, 2.75) is 51.5 Å². The van der Waals surface area contributed by atoms with Crippen molar-refractivity contribution in [3.05, 3.63) is 0 Å². The summed E-state index contributed by atoms with van der Waals surface area (Å²) in [5.74, 6) is -1.13. The summed E-state index contributed by atoms with van der Waals surface area (Å²) in [7, 11) is 2.16. The number of hydrogen-bond acceptors (Lipinski definition) is 5. The number of piperazine rings is 1. The van der Waals surface area contributed by atoms with Crippen LogP contribution < -0.4 is 0 Å². The molecule has 0 spiro atoms. The Morgan fingerprint density at radius 2 is 1.62 bits per heavy atom. The van der Waals surface area contributed by atoms with Gasteiger partial charge in [0.1, 0.15) is 0 Å². The van der Waals surface area contributed by atoms with E-state index in [0.29, 0.717) is 25.7 Å². The van der Waals surface area contributed by atoms with Gasteiger partial charge in [-0.3, -0.25) is 9.69 Å². The Balaban J connectivity index is 1.65. The van der Waals surface area contributed by atoms with Gasteiger partial charge in [0.15, 0.2) is 0 Å². The van der Waals surface area contributed by atoms with E-state index in [1.807, 2.05) is 0 Å². The molecule has 0 N–H and O–H groups in total. The number of piperidine rings is 1. The van der Waals surface area contributed by atoms with E-state index in [1.165, 1.54) is 0 Å². The number of unbranched alkanes of at least 4 members (excludes halogenated alkanes) is 3. The average molecular weight is 339 g/mol. The normalized spacial score (nSPS) is 21.0. The molecule has 0 bridgehead atoms. The van der Waals surface area contributed by atoms with Crippen molar-refractivity contribution in [1.29, 1.82) is 0 Å². The number of amides is 1. The van der Waals surface area contributed by atoms with Crippen LogP contribution >= 0.6 is 0 Å². The summed E-state index contributed by atoms with van der Waals surface area (Å²) < 4.78 is 5.11. The van der Waals surface area contributed by atoms with Gasteiger partial charge in [-0.25, -0.2) is 4.79 Å². The molecular weight excluding hydrogens is 306 g/mol. The second kappa shape index (κ2) is 9.99. The molecule has 0 aliphatic carbocycles. The number of rotatable bonds is 6. The minimum absolute atomic E-state index is 0.363. The first-order valence-corrected chi connectivity index (χ1v) is 9.50. The predicted octanol–water partition coefficient (Wildman–Crippen LogP) is 1.35. The van der Waals surface area contributed by atoms with Crippen molar-refractivity contribution in [2.75, 3.05) is 52.9 Å². The minimum atomic E-state index is -0.676. The highest BCUT2D eigenvalue weighted by atomic mass is 16.5. The van der Waals surface area contributed by atoms with Gasteiger partial charge in [-0.2, -0.15) is 0 Å². The van der Waals surface area contributed by atoms with Gasteiger partial charge in [-0.15, -0.1) is 0 Å². The van der Waals surface area contributed by atoms with Crippen molar-refractivity contribution < 1.29 is 14.3 Å². The fraction of sp³-hybridized carbons (Fsp3) is 0.889. The van der Waals surface area contributed by atoms with E-state index in [0.717, 1.165) is 64.7 Å². The van der Waals surface area contributed by atoms with Gasteiger partial charge in [-0.1, -0.05) is 26.2 Å². The number of ether oxygens (including phenoxy) is 1. The largest absolute Gasteiger partial charge is 0.459 e. The van der Waals surface area contributed by atoms with Crippen LogP contribution in [0.15, 0.2) is 0 Å².